The van der Waals surface area contributed by atoms with Gasteiger partial charge in [-0.2, -0.15) is 0 Å². The Bertz CT molecular complexity index is 467. The first-order valence-electron chi connectivity index (χ1n) is 4.24. The summed E-state index contributed by atoms with van der Waals surface area (Å²) in [6.07, 6.45) is 1.43. The minimum Gasteiger partial charge on any atom is -0.410 e. The van der Waals surface area contributed by atoms with Crippen molar-refractivity contribution in [1.29, 1.82) is 0 Å². The van der Waals surface area contributed by atoms with Gasteiger partial charge in [-0.15, -0.1) is 0 Å². The molecule has 0 aliphatic carbocycles. The van der Waals surface area contributed by atoms with Crippen LogP contribution in [0.2, 0.25) is 0 Å². The molecule has 0 unspecified atom stereocenters. The second-order valence-corrected chi connectivity index (χ2v) is 3.80. The Balaban J connectivity index is 2.11. The number of ether oxygens (including phenoxy) is 1. The van der Waals surface area contributed by atoms with Crippen molar-refractivity contribution in [3.63, 3.8) is 0 Å². The fraction of sp³-hybridized carbons (Fsp3) is 0. The van der Waals surface area contributed by atoms with Crippen molar-refractivity contribution in [3.8, 4) is 5.06 Å². The van der Waals surface area contributed by atoms with Gasteiger partial charge in [-0.05, 0) is 12.1 Å². The number of aromatic nitrogens is 1. The molecule has 5 heteroatoms. The van der Waals surface area contributed by atoms with Gasteiger partial charge in [-0.25, -0.2) is 9.78 Å². The van der Waals surface area contributed by atoms with E-state index in [4.69, 9.17) is 10.5 Å². The number of thiazole rings is 1. The Morgan fingerprint density at radius 3 is 2.67 bits per heavy atom. The molecule has 15 heavy (non-hydrogen) atoms. The lowest BCUT2D eigenvalue weighted by Gasteiger charge is -1.99. The van der Waals surface area contributed by atoms with Crippen molar-refractivity contribution in [3.05, 3.63) is 42.1 Å². The van der Waals surface area contributed by atoms with Crippen molar-refractivity contribution in [2.24, 2.45) is 0 Å². The first kappa shape index (κ1) is 9.67. The second-order valence-electron chi connectivity index (χ2n) is 2.77. The van der Waals surface area contributed by atoms with E-state index in [9.17, 15) is 4.79 Å². The van der Waals surface area contributed by atoms with E-state index in [0.29, 0.717) is 15.8 Å². The number of esters is 1. The maximum absolute atomic E-state index is 11.5. The molecule has 2 rings (SSSR count). The summed E-state index contributed by atoms with van der Waals surface area (Å²) in [7, 11) is 0. The van der Waals surface area contributed by atoms with Gasteiger partial charge < -0.3 is 10.5 Å². The maximum atomic E-state index is 11.5. The molecule has 2 aromatic rings. The summed E-state index contributed by atoms with van der Waals surface area (Å²) in [4.78, 5) is 15.3. The quantitative estimate of drug-likeness (QED) is 0.785. The zero-order chi connectivity index (χ0) is 10.7. The first-order chi connectivity index (χ1) is 7.25. The highest BCUT2D eigenvalue weighted by Crippen LogP contribution is 2.23. The largest absolute Gasteiger partial charge is 0.410 e. The fourth-order valence-corrected chi connectivity index (χ4v) is 1.58. The SMILES string of the molecule is Nc1ncc(OC(=O)c2ccccc2)s1. The van der Waals surface area contributed by atoms with Gasteiger partial charge in [0.25, 0.3) is 0 Å². The number of carbonyl (C=O) groups excluding carboxylic acids is 1. The average molecular weight is 220 g/mol. The number of nitrogen functional groups attached to an aromatic ring is 1. The molecule has 0 spiro atoms. The number of anilines is 1. The summed E-state index contributed by atoms with van der Waals surface area (Å²) in [5, 5.41) is 0.784. The van der Waals surface area contributed by atoms with Crippen LogP contribution in [0.4, 0.5) is 5.13 Å². The minimum atomic E-state index is -0.403. The summed E-state index contributed by atoms with van der Waals surface area (Å²) in [6.45, 7) is 0. The minimum absolute atomic E-state index is 0.380. The molecular formula is C10H8N2O2S. The molecule has 1 aromatic heterocycles. The lowest BCUT2D eigenvalue weighted by atomic mass is 10.2. The molecular weight excluding hydrogens is 212 g/mol. The average Bonchev–Trinajstić information content (AvgIpc) is 2.65. The van der Waals surface area contributed by atoms with Crippen LogP contribution in [0.15, 0.2) is 36.5 Å². The number of benzene rings is 1. The Kier molecular flexibility index (Phi) is 2.64. The van der Waals surface area contributed by atoms with Gasteiger partial charge in [0.2, 0.25) is 5.06 Å². The third-order valence-corrected chi connectivity index (χ3v) is 2.41. The topological polar surface area (TPSA) is 65.2 Å². The highest BCUT2D eigenvalue weighted by atomic mass is 32.1. The van der Waals surface area contributed by atoms with E-state index in [2.05, 4.69) is 4.98 Å². The third-order valence-electron chi connectivity index (χ3n) is 1.71. The maximum Gasteiger partial charge on any atom is 0.344 e. The molecule has 0 radical (unpaired) electrons. The first-order valence-corrected chi connectivity index (χ1v) is 5.06. The van der Waals surface area contributed by atoms with Gasteiger partial charge in [0.05, 0.1) is 11.8 Å². The molecule has 76 valence electrons. The van der Waals surface area contributed by atoms with Crippen LogP contribution in [0.3, 0.4) is 0 Å². The second kappa shape index (κ2) is 4.10. The van der Waals surface area contributed by atoms with Gasteiger partial charge in [0, 0.05) is 0 Å². The predicted octanol–water partition coefficient (Wildman–Crippen LogP) is 1.94. The van der Waals surface area contributed by atoms with Gasteiger partial charge in [0.15, 0.2) is 5.13 Å². The van der Waals surface area contributed by atoms with Crippen molar-refractivity contribution in [2.45, 2.75) is 0 Å². The van der Waals surface area contributed by atoms with E-state index >= 15 is 0 Å². The van der Waals surface area contributed by atoms with Gasteiger partial charge in [-0.1, -0.05) is 29.5 Å². The molecule has 1 heterocycles. The van der Waals surface area contributed by atoms with Crippen LogP contribution in [0.25, 0.3) is 0 Å². The van der Waals surface area contributed by atoms with Gasteiger partial charge >= 0.3 is 5.97 Å². The zero-order valence-corrected chi connectivity index (χ0v) is 8.53. The van der Waals surface area contributed by atoms with Crippen LogP contribution in [0, 0.1) is 0 Å². The number of hydrogen-bond donors (Lipinski definition) is 1. The molecule has 0 saturated carbocycles. The van der Waals surface area contributed by atoms with Gasteiger partial charge in [0.1, 0.15) is 0 Å². The summed E-state index contributed by atoms with van der Waals surface area (Å²) >= 11 is 1.13. The number of nitrogens with zero attached hydrogens (tertiary/aromatic N) is 1. The van der Waals surface area contributed by atoms with E-state index in [1.807, 2.05) is 6.07 Å². The Morgan fingerprint density at radius 2 is 2.07 bits per heavy atom. The lowest BCUT2D eigenvalue weighted by molar-refractivity contribution is 0.0740. The number of rotatable bonds is 2. The van der Waals surface area contributed by atoms with Crippen molar-refractivity contribution in [2.75, 3.05) is 5.73 Å². The van der Waals surface area contributed by atoms with E-state index in [-0.39, 0.29) is 0 Å². The van der Waals surface area contributed by atoms with Crippen LogP contribution in [-0.4, -0.2) is 11.0 Å². The number of nitrogens with two attached hydrogens (primary N) is 1. The van der Waals surface area contributed by atoms with E-state index in [1.165, 1.54) is 6.20 Å². The molecule has 0 amide bonds. The molecule has 1 aromatic carbocycles. The molecule has 0 saturated heterocycles. The van der Waals surface area contributed by atoms with Crippen LogP contribution >= 0.6 is 11.3 Å². The Morgan fingerprint density at radius 1 is 1.33 bits per heavy atom. The van der Waals surface area contributed by atoms with Crippen LogP contribution < -0.4 is 10.5 Å². The van der Waals surface area contributed by atoms with E-state index in [0.717, 1.165) is 11.3 Å². The lowest BCUT2D eigenvalue weighted by Crippen LogP contribution is -2.06. The van der Waals surface area contributed by atoms with Gasteiger partial charge in [-0.3, -0.25) is 0 Å². The molecule has 0 atom stereocenters. The summed E-state index contributed by atoms with van der Waals surface area (Å²) in [5.74, 6) is -0.403. The Labute approximate surface area is 90.3 Å². The Hall–Kier alpha value is -1.88. The number of carbonyl (C=O) groups is 1. The van der Waals surface area contributed by atoms with Crippen LogP contribution in [0.1, 0.15) is 10.4 Å². The van der Waals surface area contributed by atoms with E-state index in [1.54, 1.807) is 24.3 Å². The molecule has 2 N–H and O–H groups in total. The molecule has 0 bridgehead atoms. The summed E-state index contributed by atoms with van der Waals surface area (Å²) in [5.41, 5.74) is 5.91. The predicted molar refractivity (Wildman–Crippen MR) is 57.9 cm³/mol. The van der Waals surface area contributed by atoms with Crippen molar-refractivity contribution in [1.82, 2.24) is 4.98 Å². The highest BCUT2D eigenvalue weighted by Gasteiger charge is 2.09. The zero-order valence-electron chi connectivity index (χ0n) is 7.71. The standard InChI is InChI=1S/C10H8N2O2S/c11-10-12-6-8(15-10)14-9(13)7-4-2-1-3-5-7/h1-6H,(H2,11,12). The van der Waals surface area contributed by atoms with Crippen LogP contribution in [-0.2, 0) is 0 Å². The third kappa shape index (κ3) is 2.32. The van der Waals surface area contributed by atoms with Crippen molar-refractivity contribution >= 4 is 22.4 Å². The van der Waals surface area contributed by atoms with Crippen LogP contribution in [0.5, 0.6) is 5.06 Å². The smallest absolute Gasteiger partial charge is 0.344 e. The van der Waals surface area contributed by atoms with Crippen molar-refractivity contribution < 1.29 is 9.53 Å². The molecule has 0 fully saturated rings. The van der Waals surface area contributed by atoms with E-state index < -0.39 is 5.97 Å². The summed E-state index contributed by atoms with van der Waals surface area (Å²) in [6, 6.07) is 8.76. The summed E-state index contributed by atoms with van der Waals surface area (Å²) < 4.78 is 5.06. The molecule has 0 aliphatic rings. The monoisotopic (exact) mass is 220 g/mol. The number of hydrogen-bond acceptors (Lipinski definition) is 5. The molecule has 0 aliphatic heterocycles. The normalized spacial score (nSPS) is 9.87. The highest BCUT2D eigenvalue weighted by molar-refractivity contribution is 7.17. The fourth-order valence-electron chi connectivity index (χ4n) is 1.04. The molecule has 4 nitrogen and oxygen atoms in total.